The minimum absolute atomic E-state index is 0.0501. The van der Waals surface area contributed by atoms with Crippen LogP contribution in [-0.4, -0.2) is 44.0 Å². The summed E-state index contributed by atoms with van der Waals surface area (Å²) in [5.74, 6) is 3.53. The predicted molar refractivity (Wildman–Crippen MR) is 97.4 cm³/mol. The second-order valence-electron chi connectivity index (χ2n) is 6.56. The minimum atomic E-state index is -2.37. The van der Waals surface area contributed by atoms with Gasteiger partial charge in [0.25, 0.3) is 5.91 Å². The molecule has 1 amide bonds. The van der Waals surface area contributed by atoms with Gasteiger partial charge in [0.05, 0.1) is 17.7 Å². The Bertz CT molecular complexity index is 1210. The number of carbonyl (C=O) groups excluding carboxylic acids is 1. The number of primary amides is 1. The van der Waals surface area contributed by atoms with Crippen molar-refractivity contribution < 1.29 is 27.9 Å². The second-order valence-corrected chi connectivity index (χ2v) is 6.56. The van der Waals surface area contributed by atoms with Crippen molar-refractivity contribution >= 4 is 5.91 Å². The average molecular weight is 415 g/mol. The van der Waals surface area contributed by atoms with Crippen LogP contribution in [0.15, 0.2) is 22.9 Å². The van der Waals surface area contributed by atoms with E-state index in [1.54, 1.807) is 4.57 Å². The highest BCUT2D eigenvalue weighted by molar-refractivity contribution is 5.91. The predicted octanol–water partition coefficient (Wildman–Crippen LogP) is 1.08. The van der Waals surface area contributed by atoms with Gasteiger partial charge in [0.2, 0.25) is 17.3 Å². The third-order valence-electron chi connectivity index (χ3n) is 4.42. The van der Waals surface area contributed by atoms with E-state index in [4.69, 9.17) is 15.0 Å². The van der Waals surface area contributed by atoms with Gasteiger partial charge >= 0.3 is 0 Å². The van der Waals surface area contributed by atoms with Crippen molar-refractivity contribution in [1.29, 1.82) is 0 Å². The van der Waals surface area contributed by atoms with Gasteiger partial charge in [0, 0.05) is 19.2 Å². The molecule has 3 aromatic rings. The Morgan fingerprint density at radius 2 is 2.23 bits per heavy atom. The number of aliphatic hydroxyl groups is 1. The zero-order chi connectivity index (χ0) is 21.5. The highest BCUT2D eigenvalue weighted by Gasteiger charge is 2.33. The number of halogens is 2. The number of aryl methyl sites for hydroxylation is 1. The molecule has 0 saturated carbocycles. The number of amides is 1. The third-order valence-corrected chi connectivity index (χ3v) is 4.42. The number of nitrogens with two attached hydrogens (primary N) is 1. The van der Waals surface area contributed by atoms with Crippen molar-refractivity contribution in [3.63, 3.8) is 0 Å². The quantitative estimate of drug-likeness (QED) is 0.613. The Morgan fingerprint density at radius 1 is 1.43 bits per heavy atom. The van der Waals surface area contributed by atoms with E-state index < -0.39 is 24.0 Å². The number of hydrogen-bond donors (Lipinski definition) is 2. The second kappa shape index (κ2) is 7.23. The van der Waals surface area contributed by atoms with Crippen LogP contribution in [0.2, 0.25) is 0 Å². The summed E-state index contributed by atoms with van der Waals surface area (Å²) < 4.78 is 40.0. The van der Waals surface area contributed by atoms with Crippen LogP contribution in [0.5, 0.6) is 5.75 Å². The molecule has 0 bridgehead atoms. The molecule has 3 N–H and O–H groups in total. The number of benzene rings is 1. The maximum atomic E-state index is 14.6. The summed E-state index contributed by atoms with van der Waals surface area (Å²) in [7, 11) is 0. The zero-order valence-electron chi connectivity index (χ0n) is 15.6. The highest BCUT2D eigenvalue weighted by atomic mass is 19.1. The molecule has 3 heterocycles. The monoisotopic (exact) mass is 415 g/mol. The summed E-state index contributed by atoms with van der Waals surface area (Å²) in [5, 5.41) is 13.9. The number of imidazole rings is 1. The van der Waals surface area contributed by atoms with Crippen LogP contribution in [-0.2, 0) is 12.1 Å². The molecule has 0 aliphatic carbocycles. The Hall–Kier alpha value is -3.78. The number of aromatic nitrogens is 4. The molecule has 1 aromatic carbocycles. The van der Waals surface area contributed by atoms with Crippen molar-refractivity contribution in [1.82, 2.24) is 19.7 Å². The average Bonchev–Trinajstić information content (AvgIpc) is 3.30. The first kappa shape index (κ1) is 19.5. The number of hydrogen-bond acceptors (Lipinski definition) is 7. The Labute approximate surface area is 168 Å². The fourth-order valence-corrected chi connectivity index (χ4v) is 2.91. The fraction of sp³-hybridized carbons (Fsp3) is 0.263. The first-order valence-corrected chi connectivity index (χ1v) is 8.77. The van der Waals surface area contributed by atoms with Gasteiger partial charge in [-0.2, -0.15) is 4.98 Å². The topological polar surface area (TPSA) is 129 Å². The molecule has 11 heteroatoms. The van der Waals surface area contributed by atoms with Gasteiger partial charge < -0.3 is 24.7 Å². The SMILES string of the molecule is Cc1nc([C@@](O)(C#Cc2cc3c(cc2F)OCCn2cc(C(N)=O)nc2-3)CF)no1. The molecule has 0 fully saturated rings. The lowest BCUT2D eigenvalue weighted by Crippen LogP contribution is -2.28. The number of fused-ring (bicyclic) bond motifs is 3. The number of ether oxygens (including phenoxy) is 1. The molecule has 1 atom stereocenters. The van der Waals surface area contributed by atoms with Crippen molar-refractivity contribution in [2.24, 2.45) is 5.73 Å². The largest absolute Gasteiger partial charge is 0.491 e. The summed E-state index contributed by atoms with van der Waals surface area (Å²) >= 11 is 0. The molecule has 0 saturated heterocycles. The normalized spacial score (nSPS) is 14.4. The molecule has 0 radical (unpaired) electrons. The molecule has 9 nitrogen and oxygen atoms in total. The molecule has 1 aliphatic heterocycles. The van der Waals surface area contributed by atoms with Crippen LogP contribution in [0.4, 0.5) is 8.78 Å². The van der Waals surface area contributed by atoms with E-state index in [9.17, 15) is 18.7 Å². The number of alkyl halides is 1. The number of rotatable bonds is 3. The summed E-state index contributed by atoms with van der Waals surface area (Å²) in [6, 6.07) is 2.45. The van der Waals surface area contributed by atoms with Crippen molar-refractivity contribution in [2.45, 2.75) is 19.1 Å². The van der Waals surface area contributed by atoms with Crippen LogP contribution >= 0.6 is 0 Å². The molecule has 154 valence electrons. The van der Waals surface area contributed by atoms with E-state index >= 15 is 0 Å². The van der Waals surface area contributed by atoms with Gasteiger partial charge in [-0.15, -0.1) is 0 Å². The van der Waals surface area contributed by atoms with Crippen LogP contribution in [0.25, 0.3) is 11.4 Å². The Kier molecular flexibility index (Phi) is 4.71. The van der Waals surface area contributed by atoms with E-state index in [1.807, 2.05) is 0 Å². The van der Waals surface area contributed by atoms with Crippen LogP contribution in [0.1, 0.15) is 27.8 Å². The van der Waals surface area contributed by atoms with Crippen molar-refractivity contribution in [3.05, 3.63) is 47.1 Å². The van der Waals surface area contributed by atoms with Crippen LogP contribution < -0.4 is 10.5 Å². The minimum Gasteiger partial charge on any atom is -0.491 e. The number of nitrogens with zero attached hydrogens (tertiary/aromatic N) is 4. The van der Waals surface area contributed by atoms with Gasteiger partial charge in [0.15, 0.2) is 0 Å². The van der Waals surface area contributed by atoms with Crippen molar-refractivity contribution in [2.75, 3.05) is 13.3 Å². The lowest BCUT2D eigenvalue weighted by atomic mass is 10.0. The summed E-state index contributed by atoms with van der Waals surface area (Å²) in [6.07, 6.45) is 1.48. The van der Waals surface area contributed by atoms with Crippen LogP contribution in [0, 0.1) is 24.6 Å². The van der Waals surface area contributed by atoms with Crippen LogP contribution in [0.3, 0.4) is 0 Å². The highest BCUT2D eigenvalue weighted by Crippen LogP contribution is 2.34. The molecular formula is C19H15F2N5O4. The van der Waals surface area contributed by atoms with E-state index in [1.165, 1.54) is 19.2 Å². The van der Waals surface area contributed by atoms with Gasteiger partial charge in [-0.1, -0.05) is 17.0 Å². The first-order chi connectivity index (χ1) is 14.3. The van der Waals surface area contributed by atoms with Gasteiger partial charge in [-0.25, -0.2) is 13.8 Å². The maximum absolute atomic E-state index is 14.6. The van der Waals surface area contributed by atoms with E-state index in [0.717, 1.165) is 6.07 Å². The number of carbonyl (C=O) groups is 1. The molecule has 0 unspecified atom stereocenters. The molecule has 2 aromatic heterocycles. The molecule has 30 heavy (non-hydrogen) atoms. The van der Waals surface area contributed by atoms with Crippen molar-refractivity contribution in [3.8, 4) is 29.0 Å². The first-order valence-electron chi connectivity index (χ1n) is 8.77. The van der Waals surface area contributed by atoms with Gasteiger partial charge in [0.1, 0.15) is 36.4 Å². The maximum Gasteiger partial charge on any atom is 0.268 e. The smallest absolute Gasteiger partial charge is 0.268 e. The standard InChI is InChI=1S/C19H15F2N5O4/c1-10-23-18(25-30-10)19(28,9-20)3-2-11-6-12-15(7-13(11)21)29-5-4-26-8-14(16(22)27)24-17(12)26/h6-8,28H,4-5,9H2,1H3,(H2,22,27)/t19-/m1/s1. The summed E-state index contributed by atoms with van der Waals surface area (Å²) in [6.45, 7) is 0.724. The molecular weight excluding hydrogens is 400 g/mol. The van der Waals surface area contributed by atoms with Gasteiger partial charge in [-0.3, -0.25) is 4.79 Å². The summed E-state index contributed by atoms with van der Waals surface area (Å²) in [5.41, 5.74) is 3.19. The lowest BCUT2D eigenvalue weighted by Gasteiger charge is -2.13. The Morgan fingerprint density at radius 3 is 2.90 bits per heavy atom. The Balaban J connectivity index is 1.80. The lowest BCUT2D eigenvalue weighted by molar-refractivity contribution is 0.0586. The fourth-order valence-electron chi connectivity index (χ4n) is 2.91. The molecule has 1 aliphatic rings. The third kappa shape index (κ3) is 3.37. The van der Waals surface area contributed by atoms with Gasteiger partial charge in [-0.05, 0) is 6.07 Å². The van der Waals surface area contributed by atoms with E-state index in [-0.39, 0.29) is 35.3 Å². The van der Waals surface area contributed by atoms with E-state index in [2.05, 4.69) is 27.0 Å². The zero-order valence-corrected chi connectivity index (χ0v) is 15.6. The molecule has 4 rings (SSSR count). The molecule has 0 spiro atoms. The summed E-state index contributed by atoms with van der Waals surface area (Å²) in [4.78, 5) is 19.4. The van der Waals surface area contributed by atoms with E-state index in [0.29, 0.717) is 17.9 Å².